The Hall–Kier alpha value is -2.84. The Bertz CT molecular complexity index is 1070. The molecule has 210 valence electrons. The van der Waals surface area contributed by atoms with Gasteiger partial charge in [-0.2, -0.15) is 18.4 Å². The maximum atomic E-state index is 13.6. The number of alkyl halides is 3. The quantitative estimate of drug-likeness (QED) is 0.475. The largest absolute Gasteiger partial charge is 0.471 e. The summed E-state index contributed by atoms with van der Waals surface area (Å²) in [5.74, 6) is -4.38. The molecule has 1 unspecified atom stereocenters. The van der Waals surface area contributed by atoms with Crippen LogP contribution in [0.25, 0.3) is 0 Å². The molecule has 9 nitrogen and oxygen atoms in total. The summed E-state index contributed by atoms with van der Waals surface area (Å²) in [6.07, 6.45) is -1.58. The van der Waals surface area contributed by atoms with Crippen molar-refractivity contribution in [3.8, 4) is 6.07 Å². The predicted octanol–water partition coefficient (Wildman–Crippen LogP) is 2.02. The molecule has 0 radical (unpaired) electrons. The monoisotopic (exact) mass is 539 g/mol. The first-order chi connectivity index (χ1) is 17.4. The van der Waals surface area contributed by atoms with Gasteiger partial charge in [0.05, 0.1) is 6.07 Å². The van der Waals surface area contributed by atoms with E-state index in [4.69, 9.17) is 0 Å². The minimum atomic E-state index is -5.17. The molecule has 4 fully saturated rings. The van der Waals surface area contributed by atoms with E-state index in [1.54, 1.807) is 0 Å². The van der Waals surface area contributed by atoms with Crippen molar-refractivity contribution in [3.63, 3.8) is 0 Å². The molecule has 2 saturated heterocycles. The van der Waals surface area contributed by atoms with Gasteiger partial charge in [0.15, 0.2) is 0 Å². The van der Waals surface area contributed by atoms with Gasteiger partial charge in [0.1, 0.15) is 18.1 Å². The van der Waals surface area contributed by atoms with Gasteiger partial charge >= 0.3 is 12.1 Å². The molecule has 2 aliphatic carbocycles. The summed E-state index contributed by atoms with van der Waals surface area (Å²) in [5.41, 5.74) is -1.53. The van der Waals surface area contributed by atoms with Crippen LogP contribution in [0.4, 0.5) is 13.2 Å². The van der Waals surface area contributed by atoms with Crippen molar-refractivity contribution in [2.24, 2.45) is 28.6 Å². The smallest absolute Gasteiger partial charge is 0.350 e. The lowest BCUT2D eigenvalue weighted by molar-refractivity contribution is -0.176. The molecule has 12 heteroatoms. The topological polar surface area (TPSA) is 131 Å². The number of nitrogens with zero attached hydrogens (tertiary/aromatic N) is 2. The molecule has 0 aromatic heterocycles. The maximum Gasteiger partial charge on any atom is 0.471 e. The third kappa shape index (κ3) is 4.96. The van der Waals surface area contributed by atoms with Crippen LogP contribution in [-0.4, -0.2) is 64.9 Å². The molecule has 0 aromatic carbocycles. The molecule has 6 atom stereocenters. The molecular weight excluding hydrogens is 503 g/mol. The van der Waals surface area contributed by atoms with Crippen LogP contribution in [0.2, 0.25) is 0 Å². The summed E-state index contributed by atoms with van der Waals surface area (Å²) in [6.45, 7) is 8.69. The van der Waals surface area contributed by atoms with Gasteiger partial charge in [0.2, 0.25) is 17.7 Å². The van der Waals surface area contributed by atoms with Gasteiger partial charge in [0, 0.05) is 18.0 Å². The highest BCUT2D eigenvalue weighted by atomic mass is 19.4. The lowest BCUT2D eigenvalue weighted by atomic mass is 9.74. The normalized spacial score (nSPS) is 30.4. The van der Waals surface area contributed by atoms with Crippen LogP contribution in [0.15, 0.2) is 0 Å². The number of carbonyl (C=O) groups is 4. The number of rotatable bonds is 6. The second kappa shape index (κ2) is 9.12. The molecular formula is C26H36F3N5O4. The van der Waals surface area contributed by atoms with Crippen LogP contribution in [0.3, 0.4) is 0 Å². The SMILES string of the molecule is CC(C)(C)[C@H](NC(=O)C(F)(F)F)C(=O)N1C[C@H]2[C@@H]([C@H]1C(=O)N[C@H](C#N)CC1CC3(CCC3)NC1=O)C2(C)C. The Balaban J connectivity index is 1.50. The fourth-order valence-electron chi connectivity index (χ4n) is 6.63. The highest BCUT2D eigenvalue weighted by molar-refractivity contribution is 5.95. The second-order valence-corrected chi connectivity index (χ2v) is 13.1. The summed E-state index contributed by atoms with van der Waals surface area (Å²) in [6, 6.07) is -1.42. The molecule has 0 bridgehead atoms. The number of fused-ring (bicyclic) bond motifs is 1. The number of hydrogen-bond donors (Lipinski definition) is 3. The van der Waals surface area contributed by atoms with Crippen molar-refractivity contribution >= 4 is 23.6 Å². The standard InChI is InChI=1S/C26H36F3N5O4/c1-23(2,3)18(32-22(38)26(27,28)29)21(37)34-12-15-16(24(15,4)5)17(34)20(36)31-14(11-30)9-13-10-25(7-6-8-25)33-19(13)35/h13-18H,6-10,12H2,1-5H3,(H,31,36)(H,32,38)(H,33,35)/t13?,14-,15-,16-,17-,18+/m0/s1. The molecule has 4 aliphatic rings. The van der Waals surface area contributed by atoms with E-state index in [1.165, 1.54) is 25.7 Å². The summed E-state index contributed by atoms with van der Waals surface area (Å²) in [4.78, 5) is 52.6. The molecule has 0 aromatic rings. The van der Waals surface area contributed by atoms with Crippen LogP contribution in [0.5, 0.6) is 0 Å². The zero-order valence-electron chi connectivity index (χ0n) is 22.4. The lowest BCUT2D eigenvalue weighted by Gasteiger charge is -2.38. The van der Waals surface area contributed by atoms with E-state index in [9.17, 15) is 37.6 Å². The van der Waals surface area contributed by atoms with Crippen LogP contribution < -0.4 is 16.0 Å². The first-order valence-electron chi connectivity index (χ1n) is 13.1. The van der Waals surface area contributed by atoms with E-state index in [1.807, 2.05) is 19.2 Å². The number of nitrogens with one attached hydrogen (secondary N) is 3. The number of amides is 4. The Labute approximate surface area is 220 Å². The lowest BCUT2D eigenvalue weighted by Crippen LogP contribution is -2.61. The number of halogens is 3. The van der Waals surface area contributed by atoms with E-state index in [0.717, 1.165) is 19.3 Å². The maximum absolute atomic E-state index is 13.6. The van der Waals surface area contributed by atoms with Crippen molar-refractivity contribution in [1.82, 2.24) is 20.9 Å². The fraction of sp³-hybridized carbons (Fsp3) is 0.808. The fourth-order valence-corrected chi connectivity index (χ4v) is 6.63. The van der Waals surface area contributed by atoms with Crippen LogP contribution in [0.1, 0.15) is 66.7 Å². The third-order valence-electron chi connectivity index (χ3n) is 9.11. The molecule has 38 heavy (non-hydrogen) atoms. The van der Waals surface area contributed by atoms with Gasteiger partial charge in [-0.25, -0.2) is 0 Å². The first-order valence-corrected chi connectivity index (χ1v) is 13.1. The van der Waals surface area contributed by atoms with Gasteiger partial charge in [0.25, 0.3) is 0 Å². The van der Waals surface area contributed by atoms with Gasteiger partial charge in [-0.05, 0) is 54.8 Å². The van der Waals surface area contributed by atoms with Gasteiger partial charge in [-0.3, -0.25) is 19.2 Å². The molecule has 4 amide bonds. The van der Waals surface area contributed by atoms with Crippen molar-refractivity contribution in [2.75, 3.05) is 6.54 Å². The summed E-state index contributed by atoms with van der Waals surface area (Å²) in [5, 5.41) is 17.3. The van der Waals surface area contributed by atoms with Crippen molar-refractivity contribution in [2.45, 2.75) is 96.6 Å². The number of nitriles is 1. The first kappa shape index (κ1) is 28.2. The van der Waals surface area contributed by atoms with E-state index in [0.29, 0.717) is 6.42 Å². The molecule has 4 rings (SSSR count). The van der Waals surface area contributed by atoms with Crippen LogP contribution in [0, 0.1) is 39.9 Å². The zero-order valence-corrected chi connectivity index (χ0v) is 22.4. The number of likely N-dealkylation sites (tertiary alicyclic amines) is 1. The van der Waals surface area contributed by atoms with E-state index in [-0.39, 0.29) is 41.7 Å². The minimum absolute atomic E-state index is 0.0410. The van der Waals surface area contributed by atoms with Crippen LogP contribution >= 0.6 is 0 Å². The summed E-state index contributed by atoms with van der Waals surface area (Å²) >= 11 is 0. The Kier molecular flexibility index (Phi) is 6.77. The summed E-state index contributed by atoms with van der Waals surface area (Å²) < 4.78 is 39.0. The highest BCUT2D eigenvalue weighted by Crippen LogP contribution is 2.65. The molecule has 1 spiro atoms. The predicted molar refractivity (Wildman–Crippen MR) is 129 cm³/mol. The molecule has 3 N–H and O–H groups in total. The Morgan fingerprint density at radius 1 is 1.18 bits per heavy atom. The third-order valence-corrected chi connectivity index (χ3v) is 9.11. The van der Waals surface area contributed by atoms with E-state index in [2.05, 4.69) is 16.7 Å². The molecule has 2 aliphatic heterocycles. The van der Waals surface area contributed by atoms with Crippen molar-refractivity contribution < 1.29 is 32.3 Å². The highest BCUT2D eigenvalue weighted by Gasteiger charge is 2.70. The molecule has 2 heterocycles. The van der Waals surface area contributed by atoms with Gasteiger partial charge < -0.3 is 20.9 Å². The summed E-state index contributed by atoms with van der Waals surface area (Å²) in [7, 11) is 0. The number of piperidine rings is 1. The zero-order chi connectivity index (χ0) is 28.4. The van der Waals surface area contributed by atoms with Crippen molar-refractivity contribution in [1.29, 1.82) is 5.26 Å². The van der Waals surface area contributed by atoms with Crippen LogP contribution in [-0.2, 0) is 19.2 Å². The van der Waals surface area contributed by atoms with E-state index >= 15 is 0 Å². The average Bonchev–Trinajstić information content (AvgIpc) is 3.11. The number of carbonyl (C=O) groups excluding carboxylic acids is 4. The van der Waals surface area contributed by atoms with E-state index < -0.39 is 53.4 Å². The van der Waals surface area contributed by atoms with Gasteiger partial charge in [-0.15, -0.1) is 0 Å². The Morgan fingerprint density at radius 3 is 2.29 bits per heavy atom. The number of hydrogen-bond acceptors (Lipinski definition) is 5. The Morgan fingerprint density at radius 2 is 1.82 bits per heavy atom. The average molecular weight is 540 g/mol. The second-order valence-electron chi connectivity index (χ2n) is 13.1. The minimum Gasteiger partial charge on any atom is -0.350 e. The van der Waals surface area contributed by atoms with Crippen molar-refractivity contribution in [3.05, 3.63) is 0 Å². The molecule has 2 saturated carbocycles. The van der Waals surface area contributed by atoms with Gasteiger partial charge in [-0.1, -0.05) is 34.6 Å².